The van der Waals surface area contributed by atoms with Crippen molar-refractivity contribution in [2.75, 3.05) is 48.8 Å². The molecule has 2 aromatic carbocycles. The maximum absolute atomic E-state index is 13.2. The van der Waals surface area contributed by atoms with Gasteiger partial charge >= 0.3 is 6.03 Å². The minimum atomic E-state index is -0.724. The molecule has 3 aromatic rings. The van der Waals surface area contributed by atoms with Crippen LogP contribution in [0, 0.1) is 5.21 Å². The number of H-pyrrole nitrogens is 1. The van der Waals surface area contributed by atoms with Crippen LogP contribution in [0.2, 0.25) is 10.0 Å². The fourth-order valence-corrected chi connectivity index (χ4v) is 5.38. The van der Waals surface area contributed by atoms with Gasteiger partial charge < -0.3 is 30.3 Å². The first-order chi connectivity index (χ1) is 18.0. The smallest absolute Gasteiger partial charge is 0.323 e. The van der Waals surface area contributed by atoms with Gasteiger partial charge in [-0.15, -0.1) is 0 Å². The molecule has 38 heavy (non-hydrogen) atoms. The number of carbonyl (C=O) groups excluding carboxylic acids is 2. The van der Waals surface area contributed by atoms with Crippen LogP contribution < -0.4 is 15.5 Å². The minimum Gasteiger partial charge on any atom is -0.633 e. The number of halogens is 2. The van der Waals surface area contributed by atoms with Crippen molar-refractivity contribution in [3.05, 3.63) is 74.5 Å². The van der Waals surface area contributed by atoms with E-state index >= 15 is 0 Å². The van der Waals surface area contributed by atoms with Crippen LogP contribution in [-0.2, 0) is 12.1 Å². The molecule has 5 rings (SSSR count). The van der Waals surface area contributed by atoms with Crippen molar-refractivity contribution in [3.8, 4) is 0 Å². The highest BCUT2D eigenvalue weighted by atomic mass is 35.5. The Hall–Kier alpha value is -3.31. The summed E-state index contributed by atoms with van der Waals surface area (Å²) in [4.78, 5) is 30.0. The number of piperazine rings is 1. The van der Waals surface area contributed by atoms with Gasteiger partial charge in [0.25, 0.3) is 5.91 Å². The summed E-state index contributed by atoms with van der Waals surface area (Å²) >= 11 is 12.5. The third-order valence-corrected chi connectivity index (χ3v) is 7.95. The van der Waals surface area contributed by atoms with Gasteiger partial charge in [-0.3, -0.25) is 9.89 Å². The van der Waals surface area contributed by atoms with Gasteiger partial charge in [0, 0.05) is 16.8 Å². The molecule has 1 saturated heterocycles. The van der Waals surface area contributed by atoms with Gasteiger partial charge in [-0.1, -0.05) is 29.3 Å². The molecule has 200 valence electrons. The van der Waals surface area contributed by atoms with Crippen molar-refractivity contribution in [3.63, 3.8) is 0 Å². The molecular weight excluding hydrogens is 529 g/mol. The molecule has 0 unspecified atom stereocenters. The molecule has 0 atom stereocenters. The molecule has 0 radical (unpaired) electrons. The van der Waals surface area contributed by atoms with E-state index in [0.717, 1.165) is 16.9 Å². The van der Waals surface area contributed by atoms with Gasteiger partial charge in [0.15, 0.2) is 5.82 Å². The second-order valence-electron chi connectivity index (χ2n) is 10.3. The molecule has 0 aliphatic carbocycles. The van der Waals surface area contributed by atoms with Gasteiger partial charge in [-0.25, -0.2) is 4.79 Å². The third-order valence-electron chi connectivity index (χ3n) is 7.32. The summed E-state index contributed by atoms with van der Waals surface area (Å²) < 4.78 is -0.228. The maximum Gasteiger partial charge on any atom is 0.323 e. The zero-order valence-corrected chi connectivity index (χ0v) is 22.9. The number of para-hydroxylation sites is 1. The Labute approximate surface area is 230 Å². The topological polar surface area (TPSA) is 116 Å². The van der Waals surface area contributed by atoms with E-state index in [0.29, 0.717) is 53.3 Å². The predicted molar refractivity (Wildman–Crippen MR) is 149 cm³/mol. The van der Waals surface area contributed by atoms with Gasteiger partial charge in [-0.05, 0) is 50.2 Å². The molecule has 3 heterocycles. The summed E-state index contributed by atoms with van der Waals surface area (Å²) in [5.41, 5.74) is 2.53. The Morgan fingerprint density at radius 2 is 1.68 bits per heavy atom. The molecule has 3 N–H and O–H groups in total. The predicted octanol–water partition coefficient (Wildman–Crippen LogP) is 5.02. The normalized spacial score (nSPS) is 17.7. The highest BCUT2D eigenvalue weighted by molar-refractivity contribution is 6.39. The number of urea groups is 1. The van der Waals surface area contributed by atoms with E-state index in [1.807, 2.05) is 26.0 Å². The first-order valence-electron chi connectivity index (χ1n) is 12.3. The van der Waals surface area contributed by atoms with Crippen LogP contribution in [0.3, 0.4) is 0 Å². The van der Waals surface area contributed by atoms with Gasteiger partial charge in [-0.2, -0.15) is 5.10 Å². The number of rotatable bonds is 4. The number of amides is 3. The van der Waals surface area contributed by atoms with Crippen LogP contribution in [0.4, 0.5) is 22.0 Å². The zero-order chi connectivity index (χ0) is 27.2. The monoisotopic (exact) mass is 557 g/mol. The highest BCUT2D eigenvalue weighted by Crippen LogP contribution is 2.41. The Kier molecular flexibility index (Phi) is 6.77. The average Bonchev–Trinajstić information content (AvgIpc) is 3.39. The highest BCUT2D eigenvalue weighted by Gasteiger charge is 2.44. The lowest BCUT2D eigenvalue weighted by Gasteiger charge is -2.45. The molecule has 2 aliphatic heterocycles. The van der Waals surface area contributed by atoms with E-state index in [1.54, 1.807) is 42.3 Å². The quantitative estimate of drug-likeness (QED) is 0.307. The number of hydrogen-bond acceptors (Lipinski definition) is 5. The molecule has 12 heteroatoms. The number of carbonyl (C=O) groups is 2. The lowest BCUT2D eigenvalue weighted by Crippen LogP contribution is -2.53. The summed E-state index contributed by atoms with van der Waals surface area (Å²) in [7, 11) is 1.69. The number of aromatic amines is 1. The van der Waals surface area contributed by atoms with Crippen LogP contribution >= 0.6 is 23.2 Å². The van der Waals surface area contributed by atoms with E-state index in [9.17, 15) is 14.8 Å². The number of benzene rings is 2. The van der Waals surface area contributed by atoms with Crippen molar-refractivity contribution in [2.24, 2.45) is 0 Å². The summed E-state index contributed by atoms with van der Waals surface area (Å²) in [5.74, 6) is 0.0635. The summed E-state index contributed by atoms with van der Waals surface area (Å²) in [5, 5.41) is 25.8. The molecule has 0 spiro atoms. The van der Waals surface area contributed by atoms with Crippen molar-refractivity contribution in [2.45, 2.75) is 25.9 Å². The minimum absolute atomic E-state index is 0.228. The molecular formula is C26H29Cl2N7O3. The molecule has 3 amide bonds. The SMILES string of the molecule is CC1(C)c2[nH]nc(NC(=O)c3ccc(N4CC[N+](C)([O-])CC4)cc3)c2CN1C(=O)Nc1c(Cl)cccc1Cl. The van der Waals surface area contributed by atoms with E-state index in [4.69, 9.17) is 23.2 Å². The Morgan fingerprint density at radius 3 is 2.32 bits per heavy atom. The van der Waals surface area contributed by atoms with Crippen molar-refractivity contribution in [1.29, 1.82) is 0 Å². The van der Waals surface area contributed by atoms with Crippen LogP contribution in [0.1, 0.15) is 35.5 Å². The Morgan fingerprint density at radius 1 is 1.05 bits per heavy atom. The van der Waals surface area contributed by atoms with E-state index in [1.165, 1.54) is 0 Å². The lowest BCUT2D eigenvalue weighted by molar-refractivity contribution is -0.861. The second kappa shape index (κ2) is 9.77. The summed E-state index contributed by atoms with van der Waals surface area (Å²) in [6.45, 7) is 6.43. The second-order valence-corrected chi connectivity index (χ2v) is 11.1. The Bertz CT molecular complexity index is 1360. The number of nitrogens with zero attached hydrogens (tertiary/aromatic N) is 4. The fraction of sp³-hybridized carbons (Fsp3) is 0.346. The number of anilines is 3. The largest absolute Gasteiger partial charge is 0.633 e. The maximum atomic E-state index is 13.2. The number of fused-ring (bicyclic) bond motifs is 1. The number of quaternary nitrogens is 1. The van der Waals surface area contributed by atoms with Crippen LogP contribution in [0.5, 0.6) is 0 Å². The van der Waals surface area contributed by atoms with E-state index in [-0.39, 0.29) is 23.1 Å². The standard InChI is InChI=1S/C26H29Cl2N7O3/c1-26(2)22-18(15-34(26)25(37)29-21-19(27)5-4-6-20(21)28)23(32-31-22)30-24(36)16-7-9-17(10-8-16)33-11-13-35(3,38)14-12-33/h4-10H,11-15H2,1-3H3,(H,29,37)(H2,30,31,32,36). The van der Waals surface area contributed by atoms with Crippen LogP contribution in [0.25, 0.3) is 0 Å². The molecule has 2 aliphatic rings. The average molecular weight is 558 g/mol. The van der Waals surface area contributed by atoms with Crippen molar-refractivity contribution < 1.29 is 14.2 Å². The van der Waals surface area contributed by atoms with Crippen LogP contribution in [-0.4, -0.2) is 64.9 Å². The number of likely N-dealkylation sites (N-methyl/N-ethyl adjacent to an activating group) is 1. The first-order valence-corrected chi connectivity index (χ1v) is 13.0. The third kappa shape index (κ3) is 4.92. The van der Waals surface area contributed by atoms with Gasteiger partial charge in [0.05, 0.1) is 66.7 Å². The lowest BCUT2D eigenvalue weighted by atomic mass is 10.0. The molecule has 1 fully saturated rings. The Balaban J connectivity index is 1.27. The van der Waals surface area contributed by atoms with Crippen molar-refractivity contribution in [1.82, 2.24) is 15.1 Å². The van der Waals surface area contributed by atoms with E-state index in [2.05, 4.69) is 25.7 Å². The number of aromatic nitrogens is 2. The number of nitrogens with one attached hydrogen (secondary N) is 3. The molecule has 0 bridgehead atoms. The van der Waals surface area contributed by atoms with Crippen LogP contribution in [0.15, 0.2) is 42.5 Å². The number of hydroxylamine groups is 3. The van der Waals surface area contributed by atoms with E-state index < -0.39 is 5.54 Å². The summed E-state index contributed by atoms with van der Waals surface area (Å²) in [6.07, 6.45) is 0. The number of hydrogen-bond donors (Lipinski definition) is 3. The van der Waals surface area contributed by atoms with Gasteiger partial charge in [0.2, 0.25) is 0 Å². The zero-order valence-electron chi connectivity index (χ0n) is 21.3. The molecule has 10 nitrogen and oxygen atoms in total. The summed E-state index contributed by atoms with van der Waals surface area (Å²) in [6, 6.07) is 11.9. The fourth-order valence-electron chi connectivity index (χ4n) is 4.89. The molecule has 1 aromatic heterocycles. The van der Waals surface area contributed by atoms with Crippen molar-refractivity contribution >= 4 is 52.3 Å². The first kappa shape index (κ1) is 26.3. The van der Waals surface area contributed by atoms with Gasteiger partial charge in [0.1, 0.15) is 0 Å². The molecule has 0 saturated carbocycles.